The minimum Gasteiger partial charge on any atom is -0.338 e. The van der Waals surface area contributed by atoms with Gasteiger partial charge in [-0.3, -0.25) is 0 Å². The van der Waals surface area contributed by atoms with Crippen LogP contribution in [0.15, 0.2) is 49.0 Å². The summed E-state index contributed by atoms with van der Waals surface area (Å²) in [4.78, 5) is 7.95. The quantitative estimate of drug-likeness (QED) is 0.708. The maximum absolute atomic E-state index is 4.61. The van der Waals surface area contributed by atoms with E-state index in [9.17, 15) is 0 Å². The summed E-state index contributed by atoms with van der Waals surface area (Å²) in [5, 5.41) is 0. The molecule has 0 bridgehead atoms. The largest absolute Gasteiger partial charge is 0.338 e. The molecule has 0 unspecified atom stereocenters. The van der Waals surface area contributed by atoms with Gasteiger partial charge in [-0.15, -0.1) is 0 Å². The number of nitrogens with one attached hydrogen (secondary N) is 1. The van der Waals surface area contributed by atoms with Crippen molar-refractivity contribution in [1.29, 1.82) is 0 Å². The van der Waals surface area contributed by atoms with Crippen molar-refractivity contribution in [2.24, 2.45) is 0 Å². The van der Waals surface area contributed by atoms with Crippen LogP contribution in [-0.4, -0.2) is 9.97 Å². The highest BCUT2D eigenvalue weighted by atomic mass is 14.9. The van der Waals surface area contributed by atoms with E-state index < -0.39 is 0 Å². The molecule has 1 heterocycles. The van der Waals surface area contributed by atoms with Crippen LogP contribution in [0.2, 0.25) is 0 Å². The van der Waals surface area contributed by atoms with Gasteiger partial charge in [0.1, 0.15) is 5.82 Å². The predicted octanol–water partition coefficient (Wildman–Crippen LogP) is 4.18. The highest BCUT2D eigenvalue weighted by molar-refractivity contribution is 5.79. The molecule has 0 spiro atoms. The predicted molar refractivity (Wildman–Crippen MR) is 76.4 cm³/mol. The van der Waals surface area contributed by atoms with Gasteiger partial charge in [0, 0.05) is 5.56 Å². The van der Waals surface area contributed by atoms with Crippen molar-refractivity contribution in [2.45, 2.75) is 6.92 Å². The van der Waals surface area contributed by atoms with Gasteiger partial charge in [0.25, 0.3) is 0 Å². The number of hydrogen-bond donors (Lipinski definition) is 1. The monoisotopic (exact) mass is 234 g/mol. The molecule has 0 fully saturated rings. The normalized spacial score (nSPS) is 10.7. The molecule has 18 heavy (non-hydrogen) atoms. The molecular weight excluding hydrogens is 220 g/mol. The van der Waals surface area contributed by atoms with Gasteiger partial charge in [-0.1, -0.05) is 30.9 Å². The summed E-state index contributed by atoms with van der Waals surface area (Å²) >= 11 is 0. The first-order valence-electron chi connectivity index (χ1n) is 5.95. The summed E-state index contributed by atoms with van der Waals surface area (Å²) in [6.07, 6.45) is 1.86. The van der Waals surface area contributed by atoms with Crippen molar-refractivity contribution >= 4 is 17.1 Å². The SMILES string of the molecule is C=Cc1cc(C)cc(-c2nc3ccccc3[nH]2)c1. The van der Waals surface area contributed by atoms with Gasteiger partial charge < -0.3 is 4.98 Å². The van der Waals surface area contributed by atoms with E-state index in [0.717, 1.165) is 28.0 Å². The van der Waals surface area contributed by atoms with Gasteiger partial charge >= 0.3 is 0 Å². The number of aryl methyl sites for hydroxylation is 1. The Labute approximate surface area is 106 Å². The van der Waals surface area contributed by atoms with Crippen LogP contribution in [0.3, 0.4) is 0 Å². The lowest BCUT2D eigenvalue weighted by Gasteiger charge is -2.02. The van der Waals surface area contributed by atoms with Crippen LogP contribution in [0.4, 0.5) is 0 Å². The van der Waals surface area contributed by atoms with Crippen LogP contribution in [0, 0.1) is 6.92 Å². The molecule has 88 valence electrons. The van der Waals surface area contributed by atoms with E-state index in [1.165, 1.54) is 5.56 Å². The molecule has 0 amide bonds. The molecule has 3 rings (SSSR count). The molecule has 3 aromatic rings. The Balaban J connectivity index is 2.19. The Hall–Kier alpha value is -2.35. The van der Waals surface area contributed by atoms with Gasteiger partial charge in [-0.05, 0) is 42.3 Å². The number of rotatable bonds is 2. The molecule has 2 heteroatoms. The Morgan fingerprint density at radius 3 is 2.78 bits per heavy atom. The van der Waals surface area contributed by atoms with Crippen molar-refractivity contribution in [3.8, 4) is 11.4 Å². The number of benzene rings is 2. The molecule has 0 aliphatic rings. The number of aromatic nitrogens is 2. The summed E-state index contributed by atoms with van der Waals surface area (Å²) in [7, 11) is 0. The highest BCUT2D eigenvalue weighted by Crippen LogP contribution is 2.23. The zero-order valence-corrected chi connectivity index (χ0v) is 10.3. The molecule has 0 atom stereocenters. The van der Waals surface area contributed by atoms with Crippen LogP contribution < -0.4 is 0 Å². The minimum atomic E-state index is 0.906. The molecule has 2 aromatic carbocycles. The Bertz CT molecular complexity index is 690. The van der Waals surface area contributed by atoms with E-state index in [0.29, 0.717) is 0 Å². The summed E-state index contributed by atoms with van der Waals surface area (Å²) < 4.78 is 0. The number of H-pyrrole nitrogens is 1. The molecule has 0 saturated heterocycles. The third kappa shape index (κ3) is 1.82. The van der Waals surface area contributed by atoms with Crippen LogP contribution in [0.25, 0.3) is 28.5 Å². The average Bonchev–Trinajstić information content (AvgIpc) is 2.81. The van der Waals surface area contributed by atoms with Crippen LogP contribution in [-0.2, 0) is 0 Å². The Morgan fingerprint density at radius 2 is 2.00 bits per heavy atom. The molecule has 0 saturated carbocycles. The second kappa shape index (κ2) is 4.15. The zero-order valence-electron chi connectivity index (χ0n) is 10.3. The van der Waals surface area contributed by atoms with Crippen LogP contribution in [0.1, 0.15) is 11.1 Å². The Morgan fingerprint density at radius 1 is 1.17 bits per heavy atom. The first kappa shape index (κ1) is 10.8. The summed E-state index contributed by atoms with van der Waals surface area (Å²) in [6, 6.07) is 14.4. The van der Waals surface area contributed by atoms with Crippen molar-refractivity contribution < 1.29 is 0 Å². The number of hydrogen-bond acceptors (Lipinski definition) is 1. The summed E-state index contributed by atoms with van der Waals surface area (Å²) in [5.74, 6) is 0.906. The molecule has 2 nitrogen and oxygen atoms in total. The van der Waals surface area contributed by atoms with E-state index in [4.69, 9.17) is 0 Å². The standard InChI is InChI=1S/C16H14N2/c1-3-12-8-11(2)9-13(10-12)16-17-14-6-4-5-7-15(14)18-16/h3-10H,1H2,2H3,(H,17,18). The Kier molecular flexibility index (Phi) is 2.49. The minimum absolute atomic E-state index is 0.906. The lowest BCUT2D eigenvalue weighted by atomic mass is 10.1. The summed E-state index contributed by atoms with van der Waals surface area (Å²) in [5.41, 5.74) is 5.48. The maximum Gasteiger partial charge on any atom is 0.138 e. The van der Waals surface area contributed by atoms with Gasteiger partial charge in [-0.25, -0.2) is 4.98 Å². The first-order valence-corrected chi connectivity index (χ1v) is 5.95. The average molecular weight is 234 g/mol. The second-order valence-corrected chi connectivity index (χ2v) is 4.44. The smallest absolute Gasteiger partial charge is 0.138 e. The molecule has 0 aliphatic carbocycles. The fourth-order valence-corrected chi connectivity index (χ4v) is 2.16. The van der Waals surface area contributed by atoms with Gasteiger partial charge in [-0.2, -0.15) is 0 Å². The van der Waals surface area contributed by atoms with E-state index in [1.54, 1.807) is 0 Å². The number of para-hydroxylation sites is 2. The van der Waals surface area contributed by atoms with Gasteiger partial charge in [0.2, 0.25) is 0 Å². The van der Waals surface area contributed by atoms with Crippen LogP contribution >= 0.6 is 0 Å². The molecule has 1 N–H and O–H groups in total. The fourth-order valence-electron chi connectivity index (χ4n) is 2.16. The second-order valence-electron chi connectivity index (χ2n) is 4.44. The van der Waals surface area contributed by atoms with E-state index in [2.05, 4.69) is 41.7 Å². The first-order chi connectivity index (χ1) is 8.76. The van der Waals surface area contributed by atoms with Gasteiger partial charge in [0.05, 0.1) is 11.0 Å². The van der Waals surface area contributed by atoms with Crippen molar-refractivity contribution in [3.63, 3.8) is 0 Å². The highest BCUT2D eigenvalue weighted by Gasteiger charge is 2.05. The van der Waals surface area contributed by atoms with Crippen molar-refractivity contribution in [3.05, 3.63) is 60.2 Å². The molecule has 0 radical (unpaired) electrons. The lowest BCUT2D eigenvalue weighted by Crippen LogP contribution is -1.84. The van der Waals surface area contributed by atoms with Crippen molar-refractivity contribution in [1.82, 2.24) is 9.97 Å². The number of fused-ring (bicyclic) bond motifs is 1. The lowest BCUT2D eigenvalue weighted by molar-refractivity contribution is 1.32. The van der Waals surface area contributed by atoms with Gasteiger partial charge in [0.15, 0.2) is 0 Å². The fraction of sp³-hybridized carbons (Fsp3) is 0.0625. The third-order valence-corrected chi connectivity index (χ3v) is 3.00. The molecule has 1 aromatic heterocycles. The molecular formula is C16H14N2. The molecule has 0 aliphatic heterocycles. The number of nitrogens with zero attached hydrogens (tertiary/aromatic N) is 1. The van der Waals surface area contributed by atoms with Crippen LogP contribution in [0.5, 0.6) is 0 Å². The topological polar surface area (TPSA) is 28.7 Å². The van der Waals surface area contributed by atoms with E-state index in [1.807, 2.05) is 30.3 Å². The van der Waals surface area contributed by atoms with Crippen molar-refractivity contribution in [2.75, 3.05) is 0 Å². The number of aromatic amines is 1. The maximum atomic E-state index is 4.61. The van der Waals surface area contributed by atoms with E-state index in [-0.39, 0.29) is 0 Å². The zero-order chi connectivity index (χ0) is 12.5. The third-order valence-electron chi connectivity index (χ3n) is 3.00. The van der Waals surface area contributed by atoms with E-state index >= 15 is 0 Å². The number of imidazole rings is 1. The summed E-state index contributed by atoms with van der Waals surface area (Å²) in [6.45, 7) is 5.90.